The van der Waals surface area contributed by atoms with Crippen LogP contribution in [0.15, 0.2) is 18.2 Å². The normalized spacial score (nSPS) is 11.8. The van der Waals surface area contributed by atoms with Crippen LogP contribution in [0, 0.1) is 19.8 Å². The quantitative estimate of drug-likeness (QED) is 0.771. The lowest BCUT2D eigenvalue weighted by atomic mass is 10.0. The highest BCUT2D eigenvalue weighted by Gasteiger charge is 2.17. The van der Waals surface area contributed by atoms with Crippen LogP contribution in [0.3, 0.4) is 0 Å². The van der Waals surface area contributed by atoms with Crippen LogP contribution in [-0.2, 0) is 9.59 Å². The van der Waals surface area contributed by atoms with Gasteiger partial charge in [-0.2, -0.15) is 0 Å². The molecule has 0 spiro atoms. The van der Waals surface area contributed by atoms with Crippen molar-refractivity contribution in [3.8, 4) is 5.75 Å². The number of benzene rings is 1. The standard InChI is InChI=1S/C16H23NO4/c1-4-6-13(16(19)20)9-17-14(18)10-21-15-11(2)7-5-8-12(15)3/h5,7-8,13H,4,6,9-10H2,1-3H3,(H,17,18)(H,19,20). The Kier molecular flexibility index (Phi) is 6.72. The van der Waals surface area contributed by atoms with Crippen molar-refractivity contribution in [3.05, 3.63) is 29.3 Å². The Balaban J connectivity index is 2.46. The van der Waals surface area contributed by atoms with Gasteiger partial charge in [0.2, 0.25) is 0 Å². The van der Waals surface area contributed by atoms with Crippen molar-refractivity contribution in [1.82, 2.24) is 5.32 Å². The molecule has 0 saturated carbocycles. The third-order valence-electron chi connectivity index (χ3n) is 3.29. The van der Waals surface area contributed by atoms with Crippen LogP contribution in [0.5, 0.6) is 5.75 Å². The maximum Gasteiger partial charge on any atom is 0.308 e. The molecular weight excluding hydrogens is 270 g/mol. The van der Waals surface area contributed by atoms with E-state index in [1.807, 2.05) is 39.0 Å². The second kappa shape index (κ2) is 8.29. The van der Waals surface area contributed by atoms with E-state index in [-0.39, 0.29) is 19.1 Å². The summed E-state index contributed by atoms with van der Waals surface area (Å²) < 4.78 is 5.52. The zero-order chi connectivity index (χ0) is 15.8. The molecule has 5 nitrogen and oxygen atoms in total. The van der Waals surface area contributed by atoms with Crippen molar-refractivity contribution in [3.63, 3.8) is 0 Å². The molecule has 0 radical (unpaired) electrons. The van der Waals surface area contributed by atoms with Gasteiger partial charge in [0, 0.05) is 6.54 Å². The summed E-state index contributed by atoms with van der Waals surface area (Å²) >= 11 is 0. The molecule has 0 heterocycles. The number of carbonyl (C=O) groups is 2. The van der Waals surface area contributed by atoms with E-state index in [9.17, 15) is 9.59 Å². The van der Waals surface area contributed by atoms with Crippen molar-refractivity contribution in [1.29, 1.82) is 0 Å². The smallest absolute Gasteiger partial charge is 0.308 e. The molecule has 1 aromatic carbocycles. The van der Waals surface area contributed by atoms with Gasteiger partial charge in [0.05, 0.1) is 5.92 Å². The first kappa shape index (κ1) is 17.0. The number of aliphatic carboxylic acids is 1. The first-order chi connectivity index (χ1) is 9.95. The van der Waals surface area contributed by atoms with Crippen LogP contribution >= 0.6 is 0 Å². The van der Waals surface area contributed by atoms with Crippen LogP contribution in [0.4, 0.5) is 0 Å². The van der Waals surface area contributed by atoms with Gasteiger partial charge in [0.15, 0.2) is 6.61 Å². The summed E-state index contributed by atoms with van der Waals surface area (Å²) in [6, 6.07) is 5.77. The Bertz CT molecular complexity index is 479. The van der Waals surface area contributed by atoms with Gasteiger partial charge in [-0.1, -0.05) is 31.5 Å². The predicted molar refractivity (Wildman–Crippen MR) is 80.5 cm³/mol. The van der Waals surface area contributed by atoms with Gasteiger partial charge in [0.1, 0.15) is 5.75 Å². The van der Waals surface area contributed by atoms with Crippen LogP contribution < -0.4 is 10.1 Å². The summed E-state index contributed by atoms with van der Waals surface area (Å²) in [5.74, 6) is -1.03. The zero-order valence-electron chi connectivity index (χ0n) is 12.8. The highest BCUT2D eigenvalue weighted by Crippen LogP contribution is 2.21. The summed E-state index contributed by atoms with van der Waals surface area (Å²) in [6.07, 6.45) is 1.32. The van der Waals surface area contributed by atoms with E-state index in [0.717, 1.165) is 17.5 Å². The van der Waals surface area contributed by atoms with Gasteiger partial charge < -0.3 is 15.2 Å². The van der Waals surface area contributed by atoms with Gasteiger partial charge in [-0.15, -0.1) is 0 Å². The first-order valence-corrected chi connectivity index (χ1v) is 7.14. The number of ether oxygens (including phenoxy) is 1. The van der Waals surface area contributed by atoms with Crippen molar-refractivity contribution >= 4 is 11.9 Å². The molecule has 2 N–H and O–H groups in total. The topological polar surface area (TPSA) is 75.6 Å². The molecule has 0 bridgehead atoms. The SMILES string of the molecule is CCCC(CNC(=O)COc1c(C)cccc1C)C(=O)O. The summed E-state index contributed by atoms with van der Waals surface area (Å²) in [5, 5.41) is 11.6. The number of amides is 1. The van der Waals surface area contributed by atoms with E-state index in [1.54, 1.807) is 0 Å². The van der Waals surface area contributed by atoms with E-state index in [4.69, 9.17) is 9.84 Å². The van der Waals surface area contributed by atoms with Gasteiger partial charge >= 0.3 is 5.97 Å². The Morgan fingerprint density at radius 3 is 2.43 bits per heavy atom. The van der Waals surface area contributed by atoms with Gasteiger partial charge in [-0.05, 0) is 31.4 Å². The number of hydrogen-bond acceptors (Lipinski definition) is 3. The number of hydrogen-bond donors (Lipinski definition) is 2. The van der Waals surface area contributed by atoms with E-state index < -0.39 is 11.9 Å². The molecule has 1 unspecified atom stereocenters. The molecule has 1 aromatic rings. The number of aryl methyl sites for hydroxylation is 2. The van der Waals surface area contributed by atoms with E-state index in [2.05, 4.69) is 5.32 Å². The van der Waals surface area contributed by atoms with Crippen LogP contribution in [-0.4, -0.2) is 30.1 Å². The summed E-state index contributed by atoms with van der Waals surface area (Å²) in [7, 11) is 0. The Labute approximate surface area is 125 Å². The second-order valence-electron chi connectivity index (χ2n) is 5.14. The average molecular weight is 293 g/mol. The fraction of sp³-hybridized carbons (Fsp3) is 0.500. The zero-order valence-corrected chi connectivity index (χ0v) is 12.8. The Morgan fingerprint density at radius 1 is 1.29 bits per heavy atom. The maximum absolute atomic E-state index is 11.7. The number of nitrogens with one attached hydrogen (secondary N) is 1. The molecule has 0 aromatic heterocycles. The Morgan fingerprint density at radius 2 is 1.90 bits per heavy atom. The molecule has 0 aliphatic carbocycles. The predicted octanol–water partition coefficient (Wildman–Crippen LogP) is 2.30. The molecule has 5 heteroatoms. The molecule has 0 fully saturated rings. The maximum atomic E-state index is 11.7. The Hall–Kier alpha value is -2.04. The summed E-state index contributed by atoms with van der Waals surface area (Å²) in [6.45, 7) is 5.79. The van der Waals surface area contributed by atoms with Crippen LogP contribution in [0.25, 0.3) is 0 Å². The second-order valence-corrected chi connectivity index (χ2v) is 5.14. The molecule has 21 heavy (non-hydrogen) atoms. The van der Waals surface area contributed by atoms with E-state index in [1.165, 1.54) is 0 Å². The monoisotopic (exact) mass is 293 g/mol. The highest BCUT2D eigenvalue weighted by atomic mass is 16.5. The molecular formula is C16H23NO4. The minimum atomic E-state index is -0.882. The largest absolute Gasteiger partial charge is 0.483 e. The highest BCUT2D eigenvalue weighted by molar-refractivity contribution is 5.78. The van der Waals surface area contributed by atoms with E-state index >= 15 is 0 Å². The molecule has 1 rings (SSSR count). The van der Waals surface area contributed by atoms with Crippen molar-refractivity contribution in [2.24, 2.45) is 5.92 Å². The minimum Gasteiger partial charge on any atom is -0.483 e. The third-order valence-corrected chi connectivity index (χ3v) is 3.29. The number of carboxylic acid groups (broad SMARTS) is 1. The van der Waals surface area contributed by atoms with E-state index in [0.29, 0.717) is 12.2 Å². The lowest BCUT2D eigenvalue weighted by Crippen LogP contribution is -2.35. The number of carboxylic acids is 1. The molecule has 116 valence electrons. The van der Waals surface area contributed by atoms with Crippen molar-refractivity contribution in [2.45, 2.75) is 33.6 Å². The fourth-order valence-corrected chi connectivity index (χ4v) is 2.11. The third kappa shape index (κ3) is 5.45. The lowest BCUT2D eigenvalue weighted by Gasteiger charge is -2.14. The molecule has 0 aliphatic rings. The summed E-state index contributed by atoms with van der Waals surface area (Å²) in [5.41, 5.74) is 1.94. The average Bonchev–Trinajstić information content (AvgIpc) is 2.42. The molecule has 1 amide bonds. The lowest BCUT2D eigenvalue weighted by molar-refractivity contribution is -0.142. The first-order valence-electron chi connectivity index (χ1n) is 7.14. The number of rotatable bonds is 8. The molecule has 0 saturated heterocycles. The van der Waals surface area contributed by atoms with Crippen molar-refractivity contribution < 1.29 is 19.4 Å². The van der Waals surface area contributed by atoms with Crippen LogP contribution in [0.1, 0.15) is 30.9 Å². The molecule has 1 atom stereocenters. The molecule has 0 aliphatic heterocycles. The number of para-hydroxylation sites is 1. The number of carbonyl (C=O) groups excluding carboxylic acids is 1. The van der Waals surface area contributed by atoms with Crippen molar-refractivity contribution in [2.75, 3.05) is 13.2 Å². The van der Waals surface area contributed by atoms with Gasteiger partial charge in [-0.3, -0.25) is 9.59 Å². The van der Waals surface area contributed by atoms with Gasteiger partial charge in [-0.25, -0.2) is 0 Å². The van der Waals surface area contributed by atoms with Gasteiger partial charge in [0.25, 0.3) is 5.91 Å². The van der Waals surface area contributed by atoms with Crippen LogP contribution in [0.2, 0.25) is 0 Å². The minimum absolute atomic E-state index is 0.107. The summed E-state index contributed by atoms with van der Waals surface area (Å²) in [4.78, 5) is 22.7. The fourth-order valence-electron chi connectivity index (χ4n) is 2.11.